The Morgan fingerprint density at radius 2 is 2.07 bits per heavy atom. The molecular weight excluding hydrogens is 382 g/mol. The van der Waals surface area contributed by atoms with Gasteiger partial charge in [-0.25, -0.2) is 4.68 Å². The van der Waals surface area contributed by atoms with E-state index in [-0.39, 0.29) is 23.9 Å². The van der Waals surface area contributed by atoms with Crippen molar-refractivity contribution >= 4 is 22.9 Å². The number of amides is 1. The number of pyridine rings is 1. The molecule has 3 aromatic rings. The lowest BCUT2D eigenvalue weighted by Crippen LogP contribution is -2.60. The highest BCUT2D eigenvalue weighted by Gasteiger charge is 2.48. The Balaban J connectivity index is 1.34. The van der Waals surface area contributed by atoms with Crippen molar-refractivity contribution in [1.82, 2.24) is 24.4 Å². The number of fused-ring (bicyclic) bond motifs is 1. The third kappa shape index (κ3) is 3.24. The molecule has 1 saturated heterocycles. The molecule has 0 unspecified atom stereocenters. The van der Waals surface area contributed by atoms with Gasteiger partial charge in [-0.1, -0.05) is 20.3 Å². The first kappa shape index (κ1) is 18.8. The van der Waals surface area contributed by atoms with E-state index in [0.29, 0.717) is 16.7 Å². The Bertz CT molecular complexity index is 1170. The van der Waals surface area contributed by atoms with Gasteiger partial charge >= 0.3 is 0 Å². The van der Waals surface area contributed by atoms with Crippen LogP contribution in [0.1, 0.15) is 44.7 Å². The van der Waals surface area contributed by atoms with Gasteiger partial charge in [0.15, 0.2) is 5.65 Å². The van der Waals surface area contributed by atoms with Crippen LogP contribution < -0.4 is 15.8 Å². The summed E-state index contributed by atoms with van der Waals surface area (Å²) in [6.45, 7) is 6.00. The zero-order chi connectivity index (χ0) is 20.9. The van der Waals surface area contributed by atoms with Gasteiger partial charge in [-0.05, 0) is 30.9 Å². The topological polar surface area (TPSA) is 97.4 Å². The summed E-state index contributed by atoms with van der Waals surface area (Å²) in [5.74, 6) is -0.152. The van der Waals surface area contributed by atoms with Gasteiger partial charge in [0.05, 0.1) is 17.1 Å². The van der Waals surface area contributed by atoms with E-state index in [1.807, 2.05) is 0 Å². The minimum Gasteiger partial charge on any atom is -0.369 e. The van der Waals surface area contributed by atoms with E-state index >= 15 is 0 Å². The van der Waals surface area contributed by atoms with E-state index < -0.39 is 0 Å². The standard InChI is InChI=1S/C21H25N7O2/c1-14(2)20-16(27-11-21(12-27)6-3-7-21)8-19(30)28(25-20)10-18(29)23-15-4-5-17-24-22-13-26(17)9-15/h4-5,8-9,13-14H,3,6-7,10-12H2,1-2H3,(H,23,29). The normalized spacial score (nSPS) is 17.2. The van der Waals surface area contributed by atoms with Crippen LogP contribution in [-0.4, -0.2) is 43.4 Å². The van der Waals surface area contributed by atoms with Crippen molar-refractivity contribution in [3.8, 4) is 0 Å². The zero-order valence-corrected chi connectivity index (χ0v) is 17.2. The van der Waals surface area contributed by atoms with E-state index in [0.717, 1.165) is 24.5 Å². The van der Waals surface area contributed by atoms with Crippen LogP contribution in [0.3, 0.4) is 0 Å². The van der Waals surface area contributed by atoms with Crippen molar-refractivity contribution in [3.63, 3.8) is 0 Å². The summed E-state index contributed by atoms with van der Waals surface area (Å²) in [6, 6.07) is 5.16. The van der Waals surface area contributed by atoms with Crippen molar-refractivity contribution in [2.75, 3.05) is 23.3 Å². The maximum absolute atomic E-state index is 12.7. The first-order valence-corrected chi connectivity index (χ1v) is 10.4. The lowest BCUT2D eigenvalue weighted by atomic mass is 9.63. The van der Waals surface area contributed by atoms with E-state index in [9.17, 15) is 9.59 Å². The summed E-state index contributed by atoms with van der Waals surface area (Å²) < 4.78 is 2.97. The molecule has 5 rings (SSSR count). The molecule has 2 fully saturated rings. The summed E-state index contributed by atoms with van der Waals surface area (Å²) in [6.07, 6.45) is 7.17. The van der Waals surface area contributed by atoms with Gasteiger partial charge in [0.2, 0.25) is 5.91 Å². The average Bonchev–Trinajstić information content (AvgIpc) is 3.09. The van der Waals surface area contributed by atoms with Crippen LogP contribution >= 0.6 is 0 Å². The fourth-order valence-electron chi connectivity index (χ4n) is 4.44. The van der Waals surface area contributed by atoms with Gasteiger partial charge in [0, 0.05) is 30.8 Å². The van der Waals surface area contributed by atoms with Crippen molar-refractivity contribution < 1.29 is 4.79 Å². The number of hydrogen-bond acceptors (Lipinski definition) is 6. The summed E-state index contributed by atoms with van der Waals surface area (Å²) in [4.78, 5) is 27.5. The Kier molecular flexibility index (Phi) is 4.34. The highest BCUT2D eigenvalue weighted by atomic mass is 16.2. The van der Waals surface area contributed by atoms with Crippen LogP contribution in [0.15, 0.2) is 35.5 Å². The third-order valence-corrected chi connectivity index (χ3v) is 6.23. The lowest BCUT2D eigenvalue weighted by molar-refractivity contribution is -0.117. The molecule has 4 heterocycles. The van der Waals surface area contributed by atoms with Crippen LogP contribution in [0.25, 0.3) is 5.65 Å². The summed E-state index contributed by atoms with van der Waals surface area (Å²) in [5, 5.41) is 15.1. The molecule has 1 saturated carbocycles. The number of anilines is 2. The van der Waals surface area contributed by atoms with Crippen LogP contribution in [0.2, 0.25) is 0 Å². The van der Waals surface area contributed by atoms with Crippen molar-refractivity contribution in [3.05, 3.63) is 46.8 Å². The molecule has 1 amide bonds. The smallest absolute Gasteiger partial charge is 0.269 e. The second-order valence-corrected chi connectivity index (χ2v) is 8.84. The van der Waals surface area contributed by atoms with E-state index in [1.165, 1.54) is 23.9 Å². The van der Waals surface area contributed by atoms with E-state index in [4.69, 9.17) is 0 Å². The maximum Gasteiger partial charge on any atom is 0.269 e. The number of carbonyl (C=O) groups excluding carboxylic acids is 1. The van der Waals surface area contributed by atoms with Gasteiger partial charge in [0.1, 0.15) is 12.9 Å². The summed E-state index contributed by atoms with van der Waals surface area (Å²) in [5.41, 5.74) is 3.29. The van der Waals surface area contributed by atoms with Crippen molar-refractivity contribution in [2.24, 2.45) is 5.41 Å². The molecule has 0 atom stereocenters. The molecular formula is C21H25N7O2. The largest absolute Gasteiger partial charge is 0.369 e. The molecule has 1 N–H and O–H groups in total. The zero-order valence-electron chi connectivity index (χ0n) is 17.2. The number of rotatable bonds is 5. The maximum atomic E-state index is 12.7. The highest BCUT2D eigenvalue weighted by Crippen LogP contribution is 2.49. The predicted molar refractivity (Wildman–Crippen MR) is 113 cm³/mol. The predicted octanol–water partition coefficient (Wildman–Crippen LogP) is 2.04. The van der Waals surface area contributed by atoms with Gasteiger partial charge in [-0.15, -0.1) is 10.2 Å². The second-order valence-electron chi connectivity index (χ2n) is 8.84. The molecule has 3 aromatic heterocycles. The molecule has 30 heavy (non-hydrogen) atoms. The number of nitrogens with one attached hydrogen (secondary N) is 1. The van der Waals surface area contributed by atoms with Gasteiger partial charge < -0.3 is 10.2 Å². The molecule has 0 radical (unpaired) electrons. The number of hydrogen-bond donors (Lipinski definition) is 1. The van der Waals surface area contributed by atoms with Gasteiger partial charge in [-0.2, -0.15) is 5.10 Å². The number of nitrogens with zero attached hydrogens (tertiary/aromatic N) is 6. The Labute approximate surface area is 173 Å². The Morgan fingerprint density at radius 1 is 1.27 bits per heavy atom. The molecule has 2 aliphatic rings. The number of aromatic nitrogens is 5. The van der Waals surface area contributed by atoms with Gasteiger partial charge in [0.25, 0.3) is 5.56 Å². The molecule has 1 aliphatic heterocycles. The minimum atomic E-state index is -0.308. The second kappa shape index (κ2) is 6.93. The summed E-state index contributed by atoms with van der Waals surface area (Å²) in [7, 11) is 0. The average molecular weight is 407 g/mol. The Hall–Kier alpha value is -3.23. The monoisotopic (exact) mass is 407 g/mol. The molecule has 1 spiro atoms. The summed E-state index contributed by atoms with van der Waals surface area (Å²) >= 11 is 0. The first-order chi connectivity index (χ1) is 14.4. The molecule has 0 bridgehead atoms. The van der Waals surface area contributed by atoms with Crippen LogP contribution in [0, 0.1) is 5.41 Å². The lowest BCUT2D eigenvalue weighted by Gasteiger charge is -2.57. The quantitative estimate of drug-likeness (QED) is 0.695. The first-order valence-electron chi connectivity index (χ1n) is 10.4. The van der Waals surface area contributed by atoms with Crippen molar-refractivity contribution in [1.29, 1.82) is 0 Å². The van der Waals surface area contributed by atoms with Crippen molar-refractivity contribution in [2.45, 2.75) is 45.6 Å². The SMILES string of the molecule is CC(C)c1nn(CC(=O)Nc2ccc3nncn3c2)c(=O)cc1N1CC2(CCC2)C1. The molecule has 1 aliphatic carbocycles. The number of carbonyl (C=O) groups is 1. The van der Waals surface area contributed by atoms with Crippen LogP contribution in [0.4, 0.5) is 11.4 Å². The molecule has 9 heteroatoms. The fraction of sp³-hybridized carbons (Fsp3) is 0.476. The molecule has 0 aromatic carbocycles. The minimum absolute atomic E-state index is 0.136. The Morgan fingerprint density at radius 3 is 2.77 bits per heavy atom. The van der Waals surface area contributed by atoms with E-state index in [1.54, 1.807) is 35.1 Å². The van der Waals surface area contributed by atoms with E-state index in [2.05, 4.69) is 39.4 Å². The van der Waals surface area contributed by atoms with Crippen LogP contribution in [-0.2, 0) is 11.3 Å². The molecule has 156 valence electrons. The highest BCUT2D eigenvalue weighted by molar-refractivity contribution is 5.90. The van der Waals surface area contributed by atoms with Gasteiger partial charge in [-0.3, -0.25) is 14.0 Å². The molecule has 9 nitrogen and oxygen atoms in total. The fourth-order valence-corrected chi connectivity index (χ4v) is 4.44. The third-order valence-electron chi connectivity index (χ3n) is 6.23. The van der Waals surface area contributed by atoms with Crippen LogP contribution in [0.5, 0.6) is 0 Å².